The molecule has 1 saturated heterocycles. The minimum atomic E-state index is -3.45. The number of nitrogens with one attached hydrogen (secondary N) is 1. The van der Waals surface area contributed by atoms with Crippen LogP contribution in [0, 0.1) is 12.8 Å². The maximum Gasteiger partial charge on any atom is 0.239 e. The van der Waals surface area contributed by atoms with E-state index in [1.807, 2.05) is 17.9 Å². The van der Waals surface area contributed by atoms with E-state index in [9.17, 15) is 18.0 Å². The minimum absolute atomic E-state index is 0.150. The first-order chi connectivity index (χ1) is 15.5. The molecule has 1 aromatic carbocycles. The van der Waals surface area contributed by atoms with Crippen molar-refractivity contribution < 1.29 is 18.0 Å². The Morgan fingerprint density at radius 3 is 2.48 bits per heavy atom. The first-order valence-electron chi connectivity index (χ1n) is 11.5. The normalized spacial score (nSPS) is 20.4. The summed E-state index contributed by atoms with van der Waals surface area (Å²) in [6, 6.07) is 3.73. The van der Waals surface area contributed by atoms with Gasteiger partial charge in [0.05, 0.1) is 12.8 Å². The van der Waals surface area contributed by atoms with Gasteiger partial charge in [0, 0.05) is 55.9 Å². The molecule has 0 bridgehead atoms. The lowest BCUT2D eigenvalue weighted by atomic mass is 10.0. The standard InChI is InChI=1S/C23H35ClN4O4S/c1-16-13-27(9-10-28(16)23(30)18-7-5-6-8-18)14-19-11-20(24)12-21(17(19)2)25-22(29)15-26(3)33(4,31)32/h11-12,16,18H,5-10,13-15H2,1-4H3,(H,25,29)/t16-/m0/s1. The molecule has 33 heavy (non-hydrogen) atoms. The number of anilines is 1. The van der Waals surface area contributed by atoms with Crippen molar-refractivity contribution in [2.75, 3.05) is 44.8 Å². The lowest BCUT2D eigenvalue weighted by Gasteiger charge is -2.41. The van der Waals surface area contributed by atoms with E-state index in [1.54, 1.807) is 6.07 Å². The van der Waals surface area contributed by atoms with Crippen LogP contribution in [0.3, 0.4) is 0 Å². The molecule has 1 aliphatic carbocycles. The van der Waals surface area contributed by atoms with E-state index in [4.69, 9.17) is 11.6 Å². The summed E-state index contributed by atoms with van der Waals surface area (Å²) in [6.07, 6.45) is 5.40. The van der Waals surface area contributed by atoms with Gasteiger partial charge in [-0.2, -0.15) is 4.31 Å². The highest BCUT2D eigenvalue weighted by molar-refractivity contribution is 7.88. The molecule has 3 rings (SSSR count). The summed E-state index contributed by atoms with van der Waals surface area (Å²) >= 11 is 6.34. The molecule has 184 valence electrons. The summed E-state index contributed by atoms with van der Waals surface area (Å²) in [5.41, 5.74) is 2.47. The van der Waals surface area contributed by atoms with Crippen LogP contribution in [0.25, 0.3) is 0 Å². The van der Waals surface area contributed by atoms with E-state index in [1.165, 1.54) is 7.05 Å². The van der Waals surface area contributed by atoms with Crippen LogP contribution in [0.5, 0.6) is 0 Å². The largest absolute Gasteiger partial charge is 0.337 e. The van der Waals surface area contributed by atoms with Gasteiger partial charge < -0.3 is 10.2 Å². The number of carbonyl (C=O) groups is 2. The Morgan fingerprint density at radius 1 is 1.21 bits per heavy atom. The molecule has 1 N–H and O–H groups in total. The number of hydrogen-bond acceptors (Lipinski definition) is 5. The average molecular weight is 499 g/mol. The highest BCUT2D eigenvalue weighted by atomic mass is 35.5. The molecular formula is C23H35ClN4O4S. The lowest BCUT2D eigenvalue weighted by molar-refractivity contribution is -0.140. The summed E-state index contributed by atoms with van der Waals surface area (Å²) in [5.74, 6) is 0.0802. The molecule has 2 fully saturated rings. The Kier molecular flexibility index (Phi) is 8.42. The third kappa shape index (κ3) is 6.68. The molecule has 1 saturated carbocycles. The maximum atomic E-state index is 12.9. The number of nitrogens with zero attached hydrogens (tertiary/aromatic N) is 3. The van der Waals surface area contributed by atoms with E-state index in [2.05, 4.69) is 17.1 Å². The molecule has 0 aromatic heterocycles. The van der Waals surface area contributed by atoms with Gasteiger partial charge in [-0.25, -0.2) is 8.42 Å². The molecule has 8 nitrogen and oxygen atoms in total. The fourth-order valence-electron chi connectivity index (χ4n) is 4.69. The van der Waals surface area contributed by atoms with E-state index in [0.717, 1.165) is 67.0 Å². The molecule has 0 spiro atoms. The number of piperazine rings is 1. The summed E-state index contributed by atoms with van der Waals surface area (Å²) in [4.78, 5) is 29.6. The highest BCUT2D eigenvalue weighted by Crippen LogP contribution is 2.29. The first kappa shape index (κ1) is 25.9. The lowest BCUT2D eigenvalue weighted by Crippen LogP contribution is -2.54. The fourth-order valence-corrected chi connectivity index (χ4v) is 5.28. The third-order valence-corrected chi connectivity index (χ3v) is 8.26. The quantitative estimate of drug-likeness (QED) is 0.624. The van der Waals surface area contributed by atoms with E-state index >= 15 is 0 Å². The Hall–Kier alpha value is -1.68. The molecule has 0 unspecified atom stereocenters. The van der Waals surface area contributed by atoms with Gasteiger partial charge in [0.1, 0.15) is 0 Å². The van der Waals surface area contributed by atoms with Crippen LogP contribution in [0.2, 0.25) is 5.02 Å². The fraction of sp³-hybridized carbons (Fsp3) is 0.652. The maximum absolute atomic E-state index is 12.9. The van der Waals surface area contributed by atoms with Crippen LogP contribution in [-0.4, -0.2) is 79.9 Å². The van der Waals surface area contributed by atoms with Crippen LogP contribution in [0.1, 0.15) is 43.7 Å². The number of carbonyl (C=O) groups excluding carboxylic acids is 2. The predicted molar refractivity (Wildman–Crippen MR) is 131 cm³/mol. The summed E-state index contributed by atoms with van der Waals surface area (Å²) < 4.78 is 24.2. The molecule has 1 atom stereocenters. The number of hydrogen-bond donors (Lipinski definition) is 1. The number of benzene rings is 1. The van der Waals surface area contributed by atoms with E-state index < -0.39 is 15.9 Å². The van der Waals surface area contributed by atoms with E-state index in [-0.39, 0.29) is 18.5 Å². The SMILES string of the molecule is Cc1c(CN2CCN(C(=O)C3CCCC3)[C@@H](C)C2)cc(Cl)cc1NC(=O)CN(C)S(C)(=O)=O. The summed E-state index contributed by atoms with van der Waals surface area (Å²) in [7, 11) is -2.08. The Labute approximate surface area is 202 Å². The van der Waals surface area contributed by atoms with Crippen molar-refractivity contribution >= 4 is 39.1 Å². The van der Waals surface area contributed by atoms with E-state index in [0.29, 0.717) is 23.2 Å². The molecule has 1 aromatic rings. The number of rotatable bonds is 7. The molecular weight excluding hydrogens is 464 g/mol. The van der Waals surface area contributed by atoms with Gasteiger partial charge in [-0.05, 0) is 49.9 Å². The van der Waals surface area contributed by atoms with Crippen molar-refractivity contribution in [3.05, 3.63) is 28.3 Å². The molecule has 1 heterocycles. The predicted octanol–water partition coefficient (Wildman–Crippen LogP) is 2.70. The number of likely N-dealkylation sites (N-methyl/N-ethyl adjacent to an activating group) is 1. The van der Waals surface area contributed by atoms with Crippen molar-refractivity contribution in [2.24, 2.45) is 5.92 Å². The number of sulfonamides is 1. The van der Waals surface area contributed by atoms with Gasteiger partial charge in [0.2, 0.25) is 21.8 Å². The molecule has 0 radical (unpaired) electrons. The Bertz CT molecular complexity index is 994. The monoisotopic (exact) mass is 498 g/mol. The van der Waals surface area contributed by atoms with Crippen molar-refractivity contribution in [3.63, 3.8) is 0 Å². The van der Waals surface area contributed by atoms with Crippen LogP contribution >= 0.6 is 11.6 Å². The molecule has 1 aliphatic heterocycles. The Balaban J connectivity index is 1.64. The smallest absolute Gasteiger partial charge is 0.239 e. The van der Waals surface area contributed by atoms with Crippen molar-refractivity contribution in [2.45, 2.75) is 52.1 Å². The van der Waals surface area contributed by atoms with Gasteiger partial charge >= 0.3 is 0 Å². The zero-order valence-electron chi connectivity index (χ0n) is 19.9. The molecule has 2 aliphatic rings. The zero-order chi connectivity index (χ0) is 24.3. The minimum Gasteiger partial charge on any atom is -0.337 e. The van der Waals surface area contributed by atoms with Crippen LogP contribution in [0.4, 0.5) is 5.69 Å². The average Bonchev–Trinajstić information content (AvgIpc) is 3.25. The van der Waals surface area contributed by atoms with Crippen LogP contribution < -0.4 is 5.32 Å². The first-order valence-corrected chi connectivity index (χ1v) is 13.7. The number of halogens is 1. The second kappa shape index (κ2) is 10.7. The third-order valence-electron chi connectivity index (χ3n) is 6.78. The van der Waals surface area contributed by atoms with Gasteiger partial charge in [-0.3, -0.25) is 14.5 Å². The second-order valence-electron chi connectivity index (χ2n) is 9.40. The van der Waals surface area contributed by atoms with Gasteiger partial charge in [0.15, 0.2) is 0 Å². The van der Waals surface area contributed by atoms with Crippen molar-refractivity contribution in [1.29, 1.82) is 0 Å². The Morgan fingerprint density at radius 2 is 1.88 bits per heavy atom. The van der Waals surface area contributed by atoms with Gasteiger partial charge in [-0.15, -0.1) is 0 Å². The van der Waals surface area contributed by atoms with Crippen molar-refractivity contribution in [1.82, 2.24) is 14.1 Å². The summed E-state index contributed by atoms with van der Waals surface area (Å²) in [5, 5.41) is 3.30. The van der Waals surface area contributed by atoms with Gasteiger partial charge in [-0.1, -0.05) is 24.4 Å². The van der Waals surface area contributed by atoms with Crippen LogP contribution in [-0.2, 0) is 26.2 Å². The number of amides is 2. The van der Waals surface area contributed by atoms with Crippen molar-refractivity contribution in [3.8, 4) is 0 Å². The molecule has 2 amide bonds. The zero-order valence-corrected chi connectivity index (χ0v) is 21.5. The topological polar surface area (TPSA) is 90.0 Å². The summed E-state index contributed by atoms with van der Waals surface area (Å²) in [6.45, 7) is 6.71. The second-order valence-corrected chi connectivity index (χ2v) is 11.9. The molecule has 10 heteroatoms. The van der Waals surface area contributed by atoms with Gasteiger partial charge in [0.25, 0.3) is 0 Å². The van der Waals surface area contributed by atoms with Crippen LogP contribution in [0.15, 0.2) is 12.1 Å². The highest BCUT2D eigenvalue weighted by Gasteiger charge is 2.33.